The fourth-order valence-corrected chi connectivity index (χ4v) is 4.03. The largest absolute Gasteiger partial charge is 0.506 e. The molecule has 0 radical (unpaired) electrons. The first-order valence-electron chi connectivity index (χ1n) is 5.38. The van der Waals surface area contributed by atoms with Crippen LogP contribution in [0.1, 0.15) is 12.0 Å². The van der Waals surface area contributed by atoms with E-state index in [1.807, 2.05) is 12.1 Å². The molecule has 0 bridgehead atoms. The normalized spacial score (nSPS) is 22.8. The monoisotopic (exact) mass is 319 g/mol. The zero-order chi connectivity index (χ0) is 12.5. The summed E-state index contributed by atoms with van der Waals surface area (Å²) in [6.45, 7) is 0.478. The van der Waals surface area contributed by atoms with Crippen molar-refractivity contribution in [2.75, 3.05) is 11.5 Å². The van der Waals surface area contributed by atoms with Crippen LogP contribution in [0.2, 0.25) is 0 Å². The standard InChI is InChI=1S/C11H14BrNO3S/c12-10-3-1-2-8(11(10)14)6-13-9-4-5-17(15,16)7-9/h1-3,9,13-14H,4-7H2. The summed E-state index contributed by atoms with van der Waals surface area (Å²) in [6, 6.07) is 5.42. The Bertz CT molecular complexity index is 515. The van der Waals surface area contributed by atoms with E-state index in [-0.39, 0.29) is 23.3 Å². The molecule has 1 saturated heterocycles. The zero-order valence-electron chi connectivity index (χ0n) is 9.19. The van der Waals surface area contributed by atoms with Crippen LogP contribution >= 0.6 is 15.9 Å². The summed E-state index contributed by atoms with van der Waals surface area (Å²) >= 11 is 3.24. The maximum Gasteiger partial charge on any atom is 0.151 e. The van der Waals surface area contributed by atoms with Gasteiger partial charge in [-0.15, -0.1) is 0 Å². The highest BCUT2D eigenvalue weighted by molar-refractivity contribution is 9.10. The van der Waals surface area contributed by atoms with Crippen molar-refractivity contribution in [3.05, 3.63) is 28.2 Å². The van der Waals surface area contributed by atoms with Crippen LogP contribution in [0.25, 0.3) is 0 Å². The molecule has 17 heavy (non-hydrogen) atoms. The zero-order valence-corrected chi connectivity index (χ0v) is 11.6. The second kappa shape index (κ2) is 4.96. The highest BCUT2D eigenvalue weighted by atomic mass is 79.9. The Labute approximate surface area is 109 Å². The molecule has 1 heterocycles. The number of phenols is 1. The molecule has 4 nitrogen and oxygen atoms in total. The predicted octanol–water partition coefficient (Wildman–Crippen LogP) is 1.43. The van der Waals surface area contributed by atoms with Crippen molar-refractivity contribution < 1.29 is 13.5 Å². The van der Waals surface area contributed by atoms with E-state index in [4.69, 9.17) is 0 Å². The number of nitrogens with one attached hydrogen (secondary N) is 1. The Morgan fingerprint density at radius 3 is 2.88 bits per heavy atom. The third kappa shape index (κ3) is 3.20. The van der Waals surface area contributed by atoms with Gasteiger partial charge in [-0.05, 0) is 28.4 Å². The Balaban J connectivity index is 1.97. The molecule has 6 heteroatoms. The average molecular weight is 320 g/mol. The summed E-state index contributed by atoms with van der Waals surface area (Å²) in [6.07, 6.45) is 0.650. The second-order valence-corrected chi connectivity index (χ2v) is 7.31. The number of halogens is 1. The lowest BCUT2D eigenvalue weighted by Crippen LogP contribution is -2.29. The van der Waals surface area contributed by atoms with Gasteiger partial charge >= 0.3 is 0 Å². The lowest BCUT2D eigenvalue weighted by molar-refractivity contribution is 0.456. The second-order valence-electron chi connectivity index (χ2n) is 4.23. The van der Waals surface area contributed by atoms with Crippen LogP contribution in [0.15, 0.2) is 22.7 Å². The van der Waals surface area contributed by atoms with E-state index in [2.05, 4.69) is 21.2 Å². The summed E-state index contributed by atoms with van der Waals surface area (Å²) in [4.78, 5) is 0. The molecule has 0 aliphatic carbocycles. The third-order valence-corrected chi connectivity index (χ3v) is 5.29. The van der Waals surface area contributed by atoms with Crippen molar-refractivity contribution in [2.24, 2.45) is 0 Å². The van der Waals surface area contributed by atoms with Gasteiger partial charge in [0, 0.05) is 18.2 Å². The molecule has 0 saturated carbocycles. The first-order chi connectivity index (χ1) is 7.98. The maximum atomic E-state index is 11.3. The highest BCUT2D eigenvalue weighted by Crippen LogP contribution is 2.27. The van der Waals surface area contributed by atoms with Crippen molar-refractivity contribution in [1.29, 1.82) is 0 Å². The van der Waals surface area contributed by atoms with Crippen molar-refractivity contribution in [3.8, 4) is 5.75 Å². The van der Waals surface area contributed by atoms with Crippen LogP contribution in [0, 0.1) is 0 Å². The molecular formula is C11H14BrNO3S. The topological polar surface area (TPSA) is 66.4 Å². The number of phenolic OH excluding ortho intramolecular Hbond substituents is 1. The van der Waals surface area contributed by atoms with Gasteiger partial charge in [0.15, 0.2) is 9.84 Å². The van der Waals surface area contributed by atoms with E-state index in [1.54, 1.807) is 6.07 Å². The van der Waals surface area contributed by atoms with E-state index < -0.39 is 9.84 Å². The average Bonchev–Trinajstić information content (AvgIpc) is 2.61. The molecule has 1 aromatic carbocycles. The van der Waals surface area contributed by atoms with Gasteiger partial charge in [0.05, 0.1) is 16.0 Å². The van der Waals surface area contributed by atoms with Crippen LogP contribution in [0.4, 0.5) is 0 Å². The number of para-hydroxylation sites is 1. The van der Waals surface area contributed by atoms with E-state index in [9.17, 15) is 13.5 Å². The Morgan fingerprint density at radius 2 is 2.24 bits per heavy atom. The Hall–Kier alpha value is -0.590. The summed E-state index contributed by atoms with van der Waals surface area (Å²) < 4.78 is 23.2. The lowest BCUT2D eigenvalue weighted by Gasteiger charge is -2.12. The van der Waals surface area contributed by atoms with E-state index >= 15 is 0 Å². The minimum atomic E-state index is -2.85. The molecule has 1 unspecified atom stereocenters. The van der Waals surface area contributed by atoms with Crippen LogP contribution in [-0.4, -0.2) is 31.1 Å². The van der Waals surface area contributed by atoms with Crippen molar-refractivity contribution in [3.63, 3.8) is 0 Å². The summed E-state index contributed by atoms with van der Waals surface area (Å²) in [7, 11) is -2.85. The maximum absolute atomic E-state index is 11.3. The highest BCUT2D eigenvalue weighted by Gasteiger charge is 2.27. The SMILES string of the molecule is O=S1(=O)CCC(NCc2cccc(Br)c2O)C1. The summed E-state index contributed by atoms with van der Waals surface area (Å²) in [5.41, 5.74) is 0.767. The number of aromatic hydroxyl groups is 1. The van der Waals surface area contributed by atoms with Gasteiger partial charge in [0.2, 0.25) is 0 Å². The van der Waals surface area contributed by atoms with Gasteiger partial charge in [-0.25, -0.2) is 8.42 Å². The predicted molar refractivity (Wildman–Crippen MR) is 69.7 cm³/mol. The Kier molecular flexibility index (Phi) is 3.75. The fraction of sp³-hybridized carbons (Fsp3) is 0.455. The van der Waals surface area contributed by atoms with Gasteiger partial charge < -0.3 is 10.4 Å². The van der Waals surface area contributed by atoms with Crippen LogP contribution in [0.5, 0.6) is 5.75 Å². The van der Waals surface area contributed by atoms with E-state index in [0.29, 0.717) is 17.4 Å². The molecule has 1 aliphatic rings. The van der Waals surface area contributed by atoms with Gasteiger partial charge in [-0.1, -0.05) is 12.1 Å². The molecule has 1 aliphatic heterocycles. The van der Waals surface area contributed by atoms with Gasteiger partial charge in [0.1, 0.15) is 5.75 Å². The molecule has 1 atom stereocenters. The summed E-state index contributed by atoms with van der Waals surface area (Å²) in [5, 5.41) is 12.9. The third-order valence-electron chi connectivity index (χ3n) is 2.88. The smallest absolute Gasteiger partial charge is 0.151 e. The van der Waals surface area contributed by atoms with Crippen molar-refractivity contribution >= 4 is 25.8 Å². The molecule has 94 valence electrons. The molecule has 1 aromatic rings. The molecule has 0 aromatic heterocycles. The molecule has 2 rings (SSSR count). The van der Waals surface area contributed by atoms with Crippen LogP contribution in [0.3, 0.4) is 0 Å². The van der Waals surface area contributed by atoms with Gasteiger partial charge in [-0.2, -0.15) is 0 Å². The molecule has 2 N–H and O–H groups in total. The number of sulfone groups is 1. The minimum Gasteiger partial charge on any atom is -0.506 e. The quantitative estimate of drug-likeness (QED) is 0.884. The number of hydrogen-bond acceptors (Lipinski definition) is 4. The molecule has 0 spiro atoms. The molecular weight excluding hydrogens is 306 g/mol. The van der Waals surface area contributed by atoms with Crippen molar-refractivity contribution in [1.82, 2.24) is 5.32 Å². The van der Waals surface area contributed by atoms with Crippen LogP contribution < -0.4 is 5.32 Å². The van der Waals surface area contributed by atoms with Gasteiger partial charge in [-0.3, -0.25) is 0 Å². The number of benzene rings is 1. The first kappa shape index (κ1) is 12.9. The number of rotatable bonds is 3. The molecule has 1 fully saturated rings. The first-order valence-corrected chi connectivity index (χ1v) is 7.99. The summed E-state index contributed by atoms with van der Waals surface area (Å²) in [5.74, 6) is 0.664. The van der Waals surface area contributed by atoms with E-state index in [0.717, 1.165) is 5.56 Å². The fourth-order valence-electron chi connectivity index (χ4n) is 1.91. The van der Waals surface area contributed by atoms with Crippen molar-refractivity contribution in [2.45, 2.75) is 19.0 Å². The minimum absolute atomic E-state index is 0.00150. The van der Waals surface area contributed by atoms with Crippen LogP contribution in [-0.2, 0) is 16.4 Å². The lowest BCUT2D eigenvalue weighted by atomic mass is 10.2. The van der Waals surface area contributed by atoms with E-state index in [1.165, 1.54) is 0 Å². The molecule has 0 amide bonds. The van der Waals surface area contributed by atoms with Gasteiger partial charge in [0.25, 0.3) is 0 Å². The Morgan fingerprint density at radius 1 is 1.47 bits per heavy atom. The number of hydrogen-bond donors (Lipinski definition) is 2.